The van der Waals surface area contributed by atoms with Gasteiger partial charge in [-0.2, -0.15) is 0 Å². The van der Waals surface area contributed by atoms with Crippen molar-refractivity contribution in [1.29, 1.82) is 0 Å². The van der Waals surface area contributed by atoms with Crippen LogP contribution in [0.4, 0.5) is 4.79 Å². The highest BCUT2D eigenvalue weighted by atomic mass is 16.5. The first kappa shape index (κ1) is 7.84. The van der Waals surface area contributed by atoms with Crippen LogP contribution in [0.1, 0.15) is 12.8 Å². The molecule has 1 rings (SSSR count). The van der Waals surface area contributed by atoms with E-state index >= 15 is 0 Å². The van der Waals surface area contributed by atoms with Crippen molar-refractivity contribution in [3.63, 3.8) is 0 Å². The highest BCUT2D eigenvalue weighted by Gasteiger charge is 2.29. The molecule has 0 saturated heterocycles. The van der Waals surface area contributed by atoms with Gasteiger partial charge in [-0.25, -0.2) is 10.2 Å². The van der Waals surface area contributed by atoms with Crippen LogP contribution in [0.25, 0.3) is 0 Å². The fourth-order valence-corrected chi connectivity index (χ4v) is 0.611. The van der Waals surface area contributed by atoms with Crippen molar-refractivity contribution in [2.45, 2.75) is 12.8 Å². The van der Waals surface area contributed by atoms with Crippen LogP contribution in [0, 0.1) is 5.92 Å². The summed E-state index contributed by atoms with van der Waals surface area (Å²) < 4.78 is 4.24. The Morgan fingerprint density at radius 2 is 2.00 bits per heavy atom. The number of methoxy groups -OCH3 is 1. The molecule has 5 nitrogen and oxygen atoms in total. The van der Waals surface area contributed by atoms with Gasteiger partial charge in [-0.05, 0) is 12.8 Å². The van der Waals surface area contributed by atoms with Gasteiger partial charge in [0.15, 0.2) is 0 Å². The first-order valence-electron chi connectivity index (χ1n) is 3.38. The Hall–Kier alpha value is -1.26. The molecular formula is C6H10N2O3. The zero-order valence-corrected chi connectivity index (χ0v) is 6.22. The van der Waals surface area contributed by atoms with Crippen LogP contribution in [0.15, 0.2) is 0 Å². The van der Waals surface area contributed by atoms with E-state index in [1.807, 2.05) is 0 Å². The van der Waals surface area contributed by atoms with E-state index in [4.69, 9.17) is 0 Å². The molecule has 5 heteroatoms. The highest BCUT2D eigenvalue weighted by Crippen LogP contribution is 2.28. The molecule has 0 radical (unpaired) electrons. The monoisotopic (exact) mass is 158 g/mol. The minimum atomic E-state index is -0.654. The maximum atomic E-state index is 10.8. The van der Waals surface area contributed by atoms with Gasteiger partial charge in [0, 0.05) is 5.92 Å². The first-order chi connectivity index (χ1) is 5.24. The number of hydrazine groups is 1. The zero-order valence-electron chi connectivity index (χ0n) is 6.22. The van der Waals surface area contributed by atoms with Gasteiger partial charge in [-0.1, -0.05) is 0 Å². The molecule has 0 spiro atoms. The van der Waals surface area contributed by atoms with Crippen LogP contribution in [0.3, 0.4) is 0 Å². The molecule has 0 bridgehead atoms. The largest absolute Gasteiger partial charge is 0.452 e. The highest BCUT2D eigenvalue weighted by molar-refractivity contribution is 5.82. The third kappa shape index (κ3) is 2.45. The molecule has 0 atom stereocenters. The van der Waals surface area contributed by atoms with Crippen LogP contribution in [0.2, 0.25) is 0 Å². The Bertz CT molecular complexity index is 177. The fraction of sp³-hybridized carbons (Fsp3) is 0.667. The third-order valence-corrected chi connectivity index (χ3v) is 1.42. The minimum absolute atomic E-state index is 0.0900. The molecule has 62 valence electrons. The predicted octanol–water partition coefficient (Wildman–Crippen LogP) is -0.216. The van der Waals surface area contributed by atoms with E-state index in [0.717, 1.165) is 12.8 Å². The van der Waals surface area contributed by atoms with E-state index in [1.54, 1.807) is 0 Å². The van der Waals surface area contributed by atoms with E-state index in [9.17, 15) is 9.59 Å². The summed E-state index contributed by atoms with van der Waals surface area (Å²) in [6.45, 7) is 0. The number of hydrogen-bond acceptors (Lipinski definition) is 3. The molecule has 0 aliphatic heterocycles. The summed E-state index contributed by atoms with van der Waals surface area (Å²) in [7, 11) is 1.23. The predicted molar refractivity (Wildman–Crippen MR) is 36.4 cm³/mol. The van der Waals surface area contributed by atoms with E-state index in [-0.39, 0.29) is 11.8 Å². The van der Waals surface area contributed by atoms with Crippen LogP contribution in [-0.2, 0) is 9.53 Å². The van der Waals surface area contributed by atoms with Crippen molar-refractivity contribution < 1.29 is 14.3 Å². The number of carbonyl (C=O) groups is 2. The molecule has 0 unspecified atom stereocenters. The van der Waals surface area contributed by atoms with Gasteiger partial charge in [0.25, 0.3) is 0 Å². The summed E-state index contributed by atoms with van der Waals surface area (Å²) in [6.07, 6.45) is 1.17. The molecular weight excluding hydrogens is 148 g/mol. The van der Waals surface area contributed by atoms with Gasteiger partial charge in [0.1, 0.15) is 0 Å². The molecule has 2 amide bonds. The Labute approximate surface area is 64.1 Å². The van der Waals surface area contributed by atoms with Crippen LogP contribution < -0.4 is 10.9 Å². The van der Waals surface area contributed by atoms with Gasteiger partial charge in [-0.15, -0.1) is 0 Å². The number of ether oxygens (including phenoxy) is 1. The standard InChI is InChI=1S/C6H10N2O3/c1-11-6(10)8-7-5(9)4-2-3-4/h4H,2-3H2,1H3,(H,7,9)(H,8,10). The van der Waals surface area contributed by atoms with Crippen LogP contribution in [0.5, 0.6) is 0 Å². The minimum Gasteiger partial charge on any atom is -0.452 e. The average molecular weight is 158 g/mol. The summed E-state index contributed by atoms with van der Waals surface area (Å²) in [5.41, 5.74) is 4.32. The Balaban J connectivity index is 2.10. The molecule has 0 heterocycles. The van der Waals surface area contributed by atoms with Crippen LogP contribution >= 0.6 is 0 Å². The summed E-state index contributed by atoms with van der Waals surface area (Å²) in [6, 6.07) is 0. The van der Waals surface area contributed by atoms with E-state index < -0.39 is 6.09 Å². The lowest BCUT2D eigenvalue weighted by atomic mass is 10.4. The van der Waals surface area contributed by atoms with Crippen molar-refractivity contribution in [1.82, 2.24) is 10.9 Å². The summed E-state index contributed by atoms with van der Waals surface area (Å²) in [4.78, 5) is 21.3. The lowest BCUT2D eigenvalue weighted by Crippen LogP contribution is -2.42. The molecule has 1 saturated carbocycles. The van der Waals surface area contributed by atoms with Crippen molar-refractivity contribution in [3.05, 3.63) is 0 Å². The molecule has 1 fully saturated rings. The normalized spacial score (nSPS) is 15.4. The molecule has 2 N–H and O–H groups in total. The number of rotatable bonds is 1. The quantitative estimate of drug-likeness (QED) is 0.518. The fourth-order valence-electron chi connectivity index (χ4n) is 0.611. The topological polar surface area (TPSA) is 67.4 Å². The smallest absolute Gasteiger partial charge is 0.425 e. The van der Waals surface area contributed by atoms with E-state index in [0.29, 0.717) is 0 Å². The average Bonchev–Trinajstić information content (AvgIpc) is 2.81. The maximum Gasteiger partial charge on any atom is 0.425 e. The summed E-state index contributed by atoms with van der Waals surface area (Å²) in [5, 5.41) is 0. The maximum absolute atomic E-state index is 10.8. The Kier molecular flexibility index (Phi) is 2.30. The first-order valence-corrected chi connectivity index (χ1v) is 3.38. The molecule has 0 aromatic heterocycles. The molecule has 0 aromatic carbocycles. The van der Waals surface area contributed by atoms with Crippen molar-refractivity contribution in [3.8, 4) is 0 Å². The Morgan fingerprint density at radius 1 is 1.36 bits per heavy atom. The lowest BCUT2D eigenvalue weighted by molar-refractivity contribution is -0.123. The molecule has 1 aliphatic carbocycles. The zero-order chi connectivity index (χ0) is 8.27. The summed E-state index contributed by atoms with van der Waals surface area (Å²) in [5.74, 6) is -0.0532. The van der Waals surface area contributed by atoms with Crippen molar-refractivity contribution >= 4 is 12.0 Å². The van der Waals surface area contributed by atoms with Crippen molar-refractivity contribution in [2.24, 2.45) is 5.92 Å². The van der Waals surface area contributed by atoms with Crippen LogP contribution in [-0.4, -0.2) is 19.1 Å². The SMILES string of the molecule is COC(=O)NNC(=O)C1CC1. The van der Waals surface area contributed by atoms with Gasteiger partial charge in [-0.3, -0.25) is 10.2 Å². The number of amides is 2. The second-order valence-corrected chi connectivity index (χ2v) is 2.38. The molecule has 1 aliphatic rings. The van der Waals surface area contributed by atoms with Gasteiger partial charge in [0.2, 0.25) is 5.91 Å². The second kappa shape index (κ2) is 3.23. The molecule has 0 aromatic rings. The third-order valence-electron chi connectivity index (χ3n) is 1.42. The second-order valence-electron chi connectivity index (χ2n) is 2.38. The lowest BCUT2D eigenvalue weighted by Gasteiger charge is -2.03. The number of nitrogens with one attached hydrogen (secondary N) is 2. The van der Waals surface area contributed by atoms with E-state index in [2.05, 4.69) is 15.6 Å². The number of hydrogen-bond donors (Lipinski definition) is 2. The summed E-state index contributed by atoms with van der Waals surface area (Å²) >= 11 is 0. The van der Waals surface area contributed by atoms with Gasteiger partial charge >= 0.3 is 6.09 Å². The Morgan fingerprint density at radius 3 is 2.45 bits per heavy atom. The van der Waals surface area contributed by atoms with Gasteiger partial charge in [0.05, 0.1) is 7.11 Å². The van der Waals surface area contributed by atoms with E-state index in [1.165, 1.54) is 7.11 Å². The molecule has 11 heavy (non-hydrogen) atoms. The number of carbonyl (C=O) groups excluding carboxylic acids is 2. The van der Waals surface area contributed by atoms with Crippen molar-refractivity contribution in [2.75, 3.05) is 7.11 Å². The van der Waals surface area contributed by atoms with Gasteiger partial charge < -0.3 is 4.74 Å².